The third-order valence-corrected chi connectivity index (χ3v) is 4.28. The van der Waals surface area contributed by atoms with Gasteiger partial charge in [-0.1, -0.05) is 11.6 Å². The molecular weight excluding hydrogens is 300 g/mol. The van der Waals surface area contributed by atoms with Crippen LogP contribution in [-0.4, -0.2) is 35.0 Å². The number of amides is 1. The molecule has 0 radical (unpaired) electrons. The van der Waals surface area contributed by atoms with Gasteiger partial charge in [0.1, 0.15) is 11.9 Å². The molecule has 1 amide bonds. The van der Waals surface area contributed by atoms with E-state index in [2.05, 4.69) is 4.98 Å². The molecule has 1 fully saturated rings. The fourth-order valence-corrected chi connectivity index (χ4v) is 2.86. The molecule has 1 aromatic carbocycles. The number of H-pyrrole nitrogens is 1. The summed E-state index contributed by atoms with van der Waals surface area (Å²) in [4.78, 5) is 17.4. The van der Waals surface area contributed by atoms with Gasteiger partial charge in [0.05, 0.1) is 5.56 Å². The maximum atomic E-state index is 12.4. The van der Waals surface area contributed by atoms with Crippen molar-refractivity contribution < 1.29 is 9.53 Å². The summed E-state index contributed by atoms with van der Waals surface area (Å²) in [5, 5.41) is 0.703. The molecule has 0 saturated carbocycles. The van der Waals surface area contributed by atoms with E-state index in [-0.39, 0.29) is 12.0 Å². The lowest BCUT2D eigenvalue weighted by Crippen LogP contribution is -2.41. The number of hydrogen-bond donors (Lipinski definition) is 1. The summed E-state index contributed by atoms with van der Waals surface area (Å²) in [7, 11) is 0. The fourth-order valence-electron chi connectivity index (χ4n) is 2.74. The Hall–Kier alpha value is -1.94. The average Bonchev–Trinajstić information content (AvgIpc) is 2.96. The van der Waals surface area contributed by atoms with Gasteiger partial charge >= 0.3 is 0 Å². The standard InChI is InChI=1S/C17H19ClN2O2/c1-12-16(6-9-19-12)17(21)20-10-7-15(8-11-20)22-14-4-2-13(18)3-5-14/h2-6,9,15,19H,7-8,10-11H2,1H3. The zero-order valence-corrected chi connectivity index (χ0v) is 13.3. The zero-order valence-electron chi connectivity index (χ0n) is 12.5. The second kappa shape index (κ2) is 6.44. The molecule has 5 heteroatoms. The Morgan fingerprint density at radius 2 is 1.91 bits per heavy atom. The van der Waals surface area contributed by atoms with E-state index in [1.54, 1.807) is 6.20 Å². The topological polar surface area (TPSA) is 45.3 Å². The Labute approximate surface area is 135 Å². The molecule has 3 rings (SSSR count). The van der Waals surface area contributed by atoms with Crippen molar-refractivity contribution in [3.63, 3.8) is 0 Å². The average molecular weight is 319 g/mol. The van der Waals surface area contributed by atoms with E-state index in [4.69, 9.17) is 16.3 Å². The van der Waals surface area contributed by atoms with Gasteiger partial charge in [-0.05, 0) is 37.3 Å². The van der Waals surface area contributed by atoms with Crippen molar-refractivity contribution in [3.05, 3.63) is 52.8 Å². The van der Waals surface area contributed by atoms with Crippen LogP contribution in [0.2, 0.25) is 5.02 Å². The normalized spacial score (nSPS) is 15.8. The Kier molecular flexibility index (Phi) is 4.39. The summed E-state index contributed by atoms with van der Waals surface area (Å²) in [6.45, 7) is 3.37. The number of carbonyl (C=O) groups excluding carboxylic acids is 1. The van der Waals surface area contributed by atoms with Crippen molar-refractivity contribution in [2.45, 2.75) is 25.9 Å². The highest BCUT2D eigenvalue weighted by Crippen LogP contribution is 2.22. The summed E-state index contributed by atoms with van der Waals surface area (Å²) in [5.41, 5.74) is 1.68. The summed E-state index contributed by atoms with van der Waals surface area (Å²) in [5.74, 6) is 0.930. The number of aromatic nitrogens is 1. The Balaban J connectivity index is 1.55. The van der Waals surface area contributed by atoms with E-state index in [0.29, 0.717) is 5.02 Å². The fraction of sp³-hybridized carbons (Fsp3) is 0.353. The molecule has 1 saturated heterocycles. The smallest absolute Gasteiger partial charge is 0.255 e. The molecule has 1 aromatic heterocycles. The number of rotatable bonds is 3. The number of nitrogens with one attached hydrogen (secondary N) is 1. The van der Waals surface area contributed by atoms with E-state index < -0.39 is 0 Å². The minimum absolute atomic E-state index is 0.101. The molecule has 0 unspecified atom stereocenters. The lowest BCUT2D eigenvalue weighted by molar-refractivity contribution is 0.0595. The SMILES string of the molecule is Cc1[nH]ccc1C(=O)N1CCC(Oc2ccc(Cl)cc2)CC1. The van der Waals surface area contributed by atoms with Crippen LogP contribution in [0.15, 0.2) is 36.5 Å². The van der Waals surface area contributed by atoms with Crippen LogP contribution in [0, 0.1) is 6.92 Å². The highest BCUT2D eigenvalue weighted by atomic mass is 35.5. The number of halogens is 1. The maximum absolute atomic E-state index is 12.4. The van der Waals surface area contributed by atoms with Crippen LogP contribution in [0.25, 0.3) is 0 Å². The summed E-state index contributed by atoms with van der Waals surface area (Å²) in [6, 6.07) is 9.24. The Morgan fingerprint density at radius 1 is 1.23 bits per heavy atom. The Bertz CT molecular complexity index is 643. The van der Waals surface area contributed by atoms with Crippen molar-refractivity contribution in [3.8, 4) is 5.75 Å². The molecule has 116 valence electrons. The van der Waals surface area contributed by atoms with Gasteiger partial charge in [-0.25, -0.2) is 0 Å². The number of nitrogens with zero attached hydrogens (tertiary/aromatic N) is 1. The number of aromatic amines is 1. The molecule has 4 nitrogen and oxygen atoms in total. The largest absolute Gasteiger partial charge is 0.490 e. The highest BCUT2D eigenvalue weighted by Gasteiger charge is 2.25. The van der Waals surface area contributed by atoms with Crippen molar-refractivity contribution in [1.29, 1.82) is 0 Å². The van der Waals surface area contributed by atoms with Crippen LogP contribution in [0.3, 0.4) is 0 Å². The van der Waals surface area contributed by atoms with Crippen LogP contribution >= 0.6 is 11.6 Å². The first kappa shape index (κ1) is 15.0. The van der Waals surface area contributed by atoms with Gasteiger partial charge in [0, 0.05) is 42.8 Å². The first-order valence-electron chi connectivity index (χ1n) is 7.49. The van der Waals surface area contributed by atoms with E-state index >= 15 is 0 Å². The molecule has 0 spiro atoms. The number of piperidine rings is 1. The predicted molar refractivity (Wildman–Crippen MR) is 86.5 cm³/mol. The predicted octanol–water partition coefficient (Wildman–Crippen LogP) is 3.66. The third-order valence-electron chi connectivity index (χ3n) is 4.03. The van der Waals surface area contributed by atoms with Gasteiger partial charge in [0.15, 0.2) is 0 Å². The number of likely N-dealkylation sites (tertiary alicyclic amines) is 1. The highest BCUT2D eigenvalue weighted by molar-refractivity contribution is 6.30. The van der Waals surface area contributed by atoms with Crippen LogP contribution < -0.4 is 4.74 Å². The molecule has 2 heterocycles. The van der Waals surface area contributed by atoms with Gasteiger partial charge < -0.3 is 14.6 Å². The lowest BCUT2D eigenvalue weighted by atomic mass is 10.1. The molecule has 0 aliphatic carbocycles. The van der Waals surface area contributed by atoms with E-state index in [9.17, 15) is 4.79 Å². The number of hydrogen-bond acceptors (Lipinski definition) is 2. The van der Waals surface area contributed by atoms with Crippen molar-refractivity contribution in [1.82, 2.24) is 9.88 Å². The van der Waals surface area contributed by atoms with E-state index in [1.807, 2.05) is 42.2 Å². The molecular formula is C17H19ClN2O2. The van der Waals surface area contributed by atoms with Crippen molar-refractivity contribution in [2.75, 3.05) is 13.1 Å². The minimum Gasteiger partial charge on any atom is -0.490 e. The van der Waals surface area contributed by atoms with E-state index in [1.165, 1.54) is 0 Å². The van der Waals surface area contributed by atoms with E-state index in [0.717, 1.165) is 42.9 Å². The maximum Gasteiger partial charge on any atom is 0.255 e. The van der Waals surface area contributed by atoms with Crippen LogP contribution in [-0.2, 0) is 0 Å². The lowest BCUT2D eigenvalue weighted by Gasteiger charge is -2.32. The quantitative estimate of drug-likeness (QED) is 0.938. The first-order valence-corrected chi connectivity index (χ1v) is 7.87. The third kappa shape index (κ3) is 3.28. The molecule has 1 N–H and O–H groups in total. The van der Waals surface area contributed by atoms with Gasteiger partial charge in [-0.2, -0.15) is 0 Å². The molecule has 1 aliphatic heterocycles. The number of benzene rings is 1. The molecule has 0 atom stereocenters. The van der Waals surface area contributed by atoms with Gasteiger partial charge in [0.25, 0.3) is 5.91 Å². The second-order valence-corrected chi connectivity index (χ2v) is 6.02. The number of aryl methyl sites for hydroxylation is 1. The van der Waals surface area contributed by atoms with Crippen molar-refractivity contribution >= 4 is 17.5 Å². The van der Waals surface area contributed by atoms with Gasteiger partial charge in [-0.15, -0.1) is 0 Å². The summed E-state index contributed by atoms with van der Waals surface area (Å²) >= 11 is 5.87. The number of ether oxygens (including phenoxy) is 1. The molecule has 0 bridgehead atoms. The van der Waals surface area contributed by atoms with Crippen LogP contribution in [0.4, 0.5) is 0 Å². The van der Waals surface area contributed by atoms with Gasteiger partial charge in [-0.3, -0.25) is 4.79 Å². The molecule has 1 aliphatic rings. The van der Waals surface area contributed by atoms with Crippen molar-refractivity contribution in [2.24, 2.45) is 0 Å². The zero-order chi connectivity index (χ0) is 15.5. The summed E-state index contributed by atoms with van der Waals surface area (Å²) in [6.07, 6.45) is 3.65. The summed E-state index contributed by atoms with van der Waals surface area (Å²) < 4.78 is 5.95. The van der Waals surface area contributed by atoms with Crippen LogP contribution in [0.5, 0.6) is 5.75 Å². The molecule has 2 aromatic rings. The Morgan fingerprint density at radius 3 is 2.50 bits per heavy atom. The minimum atomic E-state index is 0.101. The first-order chi connectivity index (χ1) is 10.6. The monoisotopic (exact) mass is 318 g/mol. The number of carbonyl (C=O) groups is 1. The van der Waals surface area contributed by atoms with Crippen LogP contribution in [0.1, 0.15) is 28.9 Å². The second-order valence-electron chi connectivity index (χ2n) is 5.58. The van der Waals surface area contributed by atoms with Gasteiger partial charge in [0.2, 0.25) is 0 Å². The molecule has 22 heavy (non-hydrogen) atoms.